The van der Waals surface area contributed by atoms with Gasteiger partial charge in [0.2, 0.25) is 0 Å². The zero-order valence-corrected chi connectivity index (χ0v) is 5.70. The van der Waals surface area contributed by atoms with E-state index in [9.17, 15) is 0 Å². The van der Waals surface area contributed by atoms with Crippen molar-refractivity contribution in [3.05, 3.63) is 0 Å². The molecule has 0 aromatic heterocycles. The van der Waals surface area contributed by atoms with Gasteiger partial charge < -0.3 is 19.2 Å². The van der Waals surface area contributed by atoms with E-state index < -0.39 is 0 Å². The van der Waals surface area contributed by atoms with E-state index in [4.69, 9.17) is 19.2 Å². The maximum atomic E-state index is 8.00. The molecular weight excluding hydrogens is 176 g/mol. The van der Waals surface area contributed by atoms with Crippen LogP contribution in [0.1, 0.15) is 0 Å². The first-order chi connectivity index (χ1) is 4.00. The quantitative estimate of drug-likeness (QED) is 0.464. The Morgan fingerprint density at radius 2 is 0.444 bits per heavy atom. The van der Waals surface area contributed by atoms with Crippen LogP contribution in [-0.2, 0) is 36.2 Å². The molecule has 0 spiro atoms. The molecule has 0 saturated carbocycles. The fourth-order valence-electron chi connectivity index (χ4n) is 0. The van der Waals surface area contributed by atoms with Crippen LogP contribution < -0.4 is 0 Å². The Bertz CT molecular complexity index is 20.5. The Hall–Kier alpha value is -0.801. The fourth-order valence-corrected chi connectivity index (χ4v) is 0. The minimum Gasteiger partial charge on any atom is -0.307 e. The molecule has 0 amide bonds. The second kappa shape index (κ2) is 432. The molecule has 59 valence electrons. The zero-order chi connectivity index (χ0) is 8.00. The van der Waals surface area contributed by atoms with Crippen LogP contribution in [-0.4, -0.2) is 27.2 Å². The standard InChI is InChI=1S/4CH2O.Cu/c4*1-2;/h4*1H2;. The minimum absolute atomic E-state index is 0. The van der Waals surface area contributed by atoms with E-state index in [1.807, 2.05) is 27.2 Å². The van der Waals surface area contributed by atoms with E-state index in [2.05, 4.69) is 0 Å². The van der Waals surface area contributed by atoms with Crippen LogP contribution >= 0.6 is 0 Å². The van der Waals surface area contributed by atoms with Crippen molar-refractivity contribution in [1.29, 1.82) is 0 Å². The molecule has 0 bridgehead atoms. The molecule has 0 aliphatic heterocycles. The van der Waals surface area contributed by atoms with Gasteiger partial charge in [0, 0.05) is 17.1 Å². The Balaban J connectivity index is -0.00000000762. The van der Waals surface area contributed by atoms with Gasteiger partial charge in [0.25, 0.3) is 0 Å². The summed E-state index contributed by atoms with van der Waals surface area (Å²) in [5.74, 6) is 0. The molecule has 0 fully saturated rings. The number of carbonyl (C=O) groups excluding carboxylic acids is 4. The topological polar surface area (TPSA) is 68.3 Å². The molecule has 0 N–H and O–H groups in total. The smallest absolute Gasteiger partial charge is 0.106 e. The van der Waals surface area contributed by atoms with Gasteiger partial charge in [0.05, 0.1) is 0 Å². The van der Waals surface area contributed by atoms with Crippen LogP contribution in [0.5, 0.6) is 0 Å². The molecule has 1 radical (unpaired) electrons. The fraction of sp³-hybridized carbons (Fsp3) is 0. The monoisotopic (exact) mass is 183 g/mol. The molecule has 0 aliphatic carbocycles. The summed E-state index contributed by atoms with van der Waals surface area (Å²) in [4.78, 5) is 32.0. The number of hydrogen-bond acceptors (Lipinski definition) is 4. The van der Waals surface area contributed by atoms with E-state index in [0.717, 1.165) is 0 Å². The number of carbonyl (C=O) groups is 4. The first-order valence-electron chi connectivity index (χ1n) is 1.15. The van der Waals surface area contributed by atoms with Crippen LogP contribution in [0.3, 0.4) is 0 Å². The predicted molar refractivity (Wildman–Crippen MR) is 28.5 cm³/mol. The molecular formula is C4H8CuO4. The number of rotatable bonds is 0. The van der Waals surface area contributed by atoms with Crippen molar-refractivity contribution in [3.8, 4) is 0 Å². The predicted octanol–water partition coefficient (Wildman–Crippen LogP) is -0.742. The van der Waals surface area contributed by atoms with Crippen LogP contribution in [0.25, 0.3) is 0 Å². The van der Waals surface area contributed by atoms with Crippen molar-refractivity contribution in [2.75, 3.05) is 0 Å². The molecule has 5 heteroatoms. The summed E-state index contributed by atoms with van der Waals surface area (Å²) in [6.07, 6.45) is 0. The Kier molecular flexibility index (Phi) is 1990. The van der Waals surface area contributed by atoms with Gasteiger partial charge in [-0.2, -0.15) is 0 Å². The Labute approximate surface area is 64.1 Å². The summed E-state index contributed by atoms with van der Waals surface area (Å²) in [6, 6.07) is 0. The molecule has 0 unspecified atom stereocenters. The summed E-state index contributed by atoms with van der Waals surface area (Å²) < 4.78 is 0. The Morgan fingerprint density at radius 1 is 0.444 bits per heavy atom. The summed E-state index contributed by atoms with van der Waals surface area (Å²) in [5, 5.41) is 0. The summed E-state index contributed by atoms with van der Waals surface area (Å²) >= 11 is 0. The second-order valence-corrected chi connectivity index (χ2v) is 0. The van der Waals surface area contributed by atoms with Gasteiger partial charge in [0.1, 0.15) is 27.2 Å². The molecule has 0 rings (SSSR count). The average Bonchev–Trinajstić information content (AvgIpc) is 2.03. The van der Waals surface area contributed by atoms with E-state index >= 15 is 0 Å². The number of hydrogen-bond donors (Lipinski definition) is 0. The first-order valence-corrected chi connectivity index (χ1v) is 1.15. The third-order valence-electron chi connectivity index (χ3n) is 0. The molecule has 0 heterocycles. The third kappa shape index (κ3) is 304. The summed E-state index contributed by atoms with van der Waals surface area (Å²) in [7, 11) is 0. The first kappa shape index (κ1) is 41.5. The van der Waals surface area contributed by atoms with Crippen molar-refractivity contribution >= 4 is 27.2 Å². The minimum atomic E-state index is 0. The molecule has 4 nitrogen and oxygen atoms in total. The maximum Gasteiger partial charge on any atom is 0.106 e. The Morgan fingerprint density at radius 3 is 0.444 bits per heavy atom. The van der Waals surface area contributed by atoms with Gasteiger partial charge in [-0.25, -0.2) is 0 Å². The van der Waals surface area contributed by atoms with Gasteiger partial charge >= 0.3 is 0 Å². The molecule has 0 aromatic carbocycles. The summed E-state index contributed by atoms with van der Waals surface area (Å²) in [6.45, 7) is 8.00. The van der Waals surface area contributed by atoms with Crippen LogP contribution in [0, 0.1) is 0 Å². The van der Waals surface area contributed by atoms with Gasteiger partial charge in [-0.05, 0) is 0 Å². The van der Waals surface area contributed by atoms with Crippen molar-refractivity contribution in [1.82, 2.24) is 0 Å². The molecule has 0 aliphatic rings. The van der Waals surface area contributed by atoms with E-state index in [-0.39, 0.29) is 17.1 Å². The van der Waals surface area contributed by atoms with E-state index in [0.29, 0.717) is 0 Å². The van der Waals surface area contributed by atoms with Gasteiger partial charge in [0.15, 0.2) is 0 Å². The van der Waals surface area contributed by atoms with Crippen molar-refractivity contribution in [3.63, 3.8) is 0 Å². The largest absolute Gasteiger partial charge is 0.307 e. The second-order valence-electron chi connectivity index (χ2n) is 0. The zero-order valence-electron chi connectivity index (χ0n) is 4.76. The van der Waals surface area contributed by atoms with Crippen LogP contribution in [0.15, 0.2) is 0 Å². The third-order valence-corrected chi connectivity index (χ3v) is 0. The van der Waals surface area contributed by atoms with Gasteiger partial charge in [-0.15, -0.1) is 0 Å². The average molecular weight is 184 g/mol. The summed E-state index contributed by atoms with van der Waals surface area (Å²) in [5.41, 5.74) is 0. The van der Waals surface area contributed by atoms with Crippen molar-refractivity contribution in [2.24, 2.45) is 0 Å². The van der Waals surface area contributed by atoms with Crippen LogP contribution in [0.2, 0.25) is 0 Å². The molecule has 0 saturated heterocycles. The molecule has 9 heavy (non-hydrogen) atoms. The van der Waals surface area contributed by atoms with E-state index in [1.54, 1.807) is 0 Å². The van der Waals surface area contributed by atoms with Gasteiger partial charge in [-0.1, -0.05) is 0 Å². The normalized spacial score (nSPS) is 1.78. The van der Waals surface area contributed by atoms with E-state index in [1.165, 1.54) is 0 Å². The SMILES string of the molecule is C=O.C=O.C=O.C=O.[Cu]. The van der Waals surface area contributed by atoms with Crippen LogP contribution in [0.4, 0.5) is 0 Å². The van der Waals surface area contributed by atoms with Gasteiger partial charge in [-0.3, -0.25) is 0 Å². The molecule has 0 atom stereocenters. The van der Waals surface area contributed by atoms with Crippen molar-refractivity contribution in [2.45, 2.75) is 0 Å². The molecule has 0 aromatic rings. The van der Waals surface area contributed by atoms with Crippen molar-refractivity contribution < 1.29 is 36.2 Å². The maximum absolute atomic E-state index is 8.00.